The fourth-order valence-corrected chi connectivity index (χ4v) is 3.40. The van der Waals surface area contributed by atoms with E-state index in [4.69, 9.17) is 9.57 Å². The molecule has 1 aliphatic rings. The van der Waals surface area contributed by atoms with Crippen molar-refractivity contribution in [1.82, 2.24) is 5.06 Å². The zero-order valence-electron chi connectivity index (χ0n) is 17.3. The topological polar surface area (TPSA) is 59.0 Å². The van der Waals surface area contributed by atoms with Gasteiger partial charge in [-0.2, -0.15) is 5.06 Å². The summed E-state index contributed by atoms with van der Waals surface area (Å²) >= 11 is 0. The van der Waals surface area contributed by atoms with Crippen molar-refractivity contribution < 1.29 is 19.5 Å². The maximum atomic E-state index is 12.1. The third kappa shape index (κ3) is 7.44. The molecule has 0 aliphatic carbocycles. The van der Waals surface area contributed by atoms with Gasteiger partial charge in [0.25, 0.3) is 0 Å². The molecule has 0 atom stereocenters. The fourth-order valence-electron chi connectivity index (χ4n) is 3.40. The standard InChI is InChI=1S/C21H35NO4/c1-8-9-10-11-12-13-18(23)26-17-14-19(2,3)22(20(4,5)15-17)25-16-21(6,7)24/h8-13,17,24H,14-16H2,1-7H3. The molecule has 1 rings (SSSR count). The van der Waals surface area contributed by atoms with Crippen molar-refractivity contribution in [2.24, 2.45) is 0 Å². The molecule has 0 aromatic heterocycles. The third-order valence-electron chi connectivity index (χ3n) is 4.14. The Morgan fingerprint density at radius 2 is 1.65 bits per heavy atom. The first-order valence-electron chi connectivity index (χ1n) is 9.20. The van der Waals surface area contributed by atoms with Crippen LogP contribution in [0.3, 0.4) is 0 Å². The summed E-state index contributed by atoms with van der Waals surface area (Å²) in [5.41, 5.74) is -1.55. The monoisotopic (exact) mass is 365 g/mol. The van der Waals surface area contributed by atoms with E-state index in [-0.39, 0.29) is 29.8 Å². The van der Waals surface area contributed by atoms with Gasteiger partial charge in [0.1, 0.15) is 6.10 Å². The van der Waals surface area contributed by atoms with Gasteiger partial charge in [-0.05, 0) is 48.5 Å². The number of esters is 1. The minimum atomic E-state index is -0.902. The van der Waals surface area contributed by atoms with Crippen LogP contribution in [0.5, 0.6) is 0 Å². The van der Waals surface area contributed by atoms with Crippen LogP contribution in [0.15, 0.2) is 36.5 Å². The quantitative estimate of drug-likeness (QED) is 0.421. The average Bonchev–Trinajstić information content (AvgIpc) is 2.43. The predicted molar refractivity (Wildman–Crippen MR) is 104 cm³/mol. The zero-order chi connectivity index (χ0) is 20.0. The minimum Gasteiger partial charge on any atom is -0.459 e. The lowest BCUT2D eigenvalue weighted by atomic mass is 9.80. The van der Waals surface area contributed by atoms with Gasteiger partial charge in [0.15, 0.2) is 0 Å². The number of hydroxylamine groups is 2. The Labute approximate surface area is 158 Å². The molecule has 0 amide bonds. The Morgan fingerprint density at radius 3 is 2.15 bits per heavy atom. The van der Waals surface area contributed by atoms with E-state index < -0.39 is 5.60 Å². The van der Waals surface area contributed by atoms with Crippen LogP contribution in [0.1, 0.15) is 61.3 Å². The van der Waals surface area contributed by atoms with Crippen molar-refractivity contribution in [2.75, 3.05) is 6.61 Å². The lowest BCUT2D eigenvalue weighted by Gasteiger charge is -2.53. The van der Waals surface area contributed by atoms with Crippen molar-refractivity contribution in [3.05, 3.63) is 36.5 Å². The smallest absolute Gasteiger partial charge is 0.331 e. The molecule has 0 saturated carbocycles. The van der Waals surface area contributed by atoms with Crippen LogP contribution in [0, 0.1) is 0 Å². The number of hydrogen-bond donors (Lipinski definition) is 1. The van der Waals surface area contributed by atoms with Gasteiger partial charge in [-0.1, -0.05) is 30.4 Å². The normalized spacial score (nSPS) is 21.8. The molecular weight excluding hydrogens is 330 g/mol. The molecule has 0 aromatic carbocycles. The second kappa shape index (κ2) is 8.98. The fraction of sp³-hybridized carbons (Fsp3) is 0.667. The number of aliphatic hydroxyl groups is 1. The van der Waals surface area contributed by atoms with E-state index in [1.165, 1.54) is 6.08 Å². The Bertz CT molecular complexity index is 535. The molecular formula is C21H35NO4. The van der Waals surface area contributed by atoms with Gasteiger partial charge in [0.2, 0.25) is 0 Å². The molecule has 26 heavy (non-hydrogen) atoms. The SMILES string of the molecule is CC=CC=CC=CC(=O)OC1CC(C)(C)N(OCC(C)(C)O)C(C)(C)C1. The molecule has 0 bridgehead atoms. The molecule has 1 saturated heterocycles. The highest BCUT2D eigenvalue weighted by Crippen LogP contribution is 2.40. The van der Waals surface area contributed by atoms with Gasteiger partial charge < -0.3 is 9.84 Å². The van der Waals surface area contributed by atoms with Gasteiger partial charge in [-0.3, -0.25) is 4.84 Å². The van der Waals surface area contributed by atoms with Crippen molar-refractivity contribution >= 4 is 5.97 Å². The molecule has 5 nitrogen and oxygen atoms in total. The van der Waals surface area contributed by atoms with Gasteiger partial charge in [0.05, 0.1) is 12.2 Å². The first-order valence-corrected chi connectivity index (χ1v) is 9.20. The van der Waals surface area contributed by atoms with Crippen molar-refractivity contribution in [3.8, 4) is 0 Å². The number of ether oxygens (including phenoxy) is 1. The molecule has 0 unspecified atom stereocenters. The lowest BCUT2D eigenvalue weighted by Crippen LogP contribution is -2.62. The summed E-state index contributed by atoms with van der Waals surface area (Å²) < 4.78 is 5.65. The van der Waals surface area contributed by atoms with Crippen molar-refractivity contribution in [3.63, 3.8) is 0 Å². The van der Waals surface area contributed by atoms with Gasteiger partial charge in [-0.25, -0.2) is 4.79 Å². The maximum Gasteiger partial charge on any atom is 0.331 e. The highest BCUT2D eigenvalue weighted by molar-refractivity contribution is 5.82. The van der Waals surface area contributed by atoms with Crippen molar-refractivity contribution in [2.45, 2.75) is 84.1 Å². The van der Waals surface area contributed by atoms with E-state index in [9.17, 15) is 9.90 Å². The Kier molecular flexibility index (Phi) is 7.81. The molecule has 0 radical (unpaired) electrons. The summed E-state index contributed by atoms with van der Waals surface area (Å²) in [5, 5.41) is 11.9. The van der Waals surface area contributed by atoms with Crippen LogP contribution in [0.25, 0.3) is 0 Å². The molecule has 5 heteroatoms. The minimum absolute atomic E-state index is 0.182. The number of nitrogens with zero attached hydrogens (tertiary/aromatic N) is 1. The van der Waals surface area contributed by atoms with Crippen LogP contribution in [0.2, 0.25) is 0 Å². The van der Waals surface area contributed by atoms with Gasteiger partial charge in [-0.15, -0.1) is 0 Å². The number of rotatable bonds is 7. The molecule has 0 spiro atoms. The first kappa shape index (κ1) is 22.6. The zero-order valence-corrected chi connectivity index (χ0v) is 17.3. The number of allylic oxidation sites excluding steroid dienone is 5. The molecule has 1 N–H and O–H groups in total. The van der Waals surface area contributed by atoms with Crippen LogP contribution in [0.4, 0.5) is 0 Å². The molecule has 0 aromatic rings. The summed E-state index contributed by atoms with van der Waals surface area (Å²) in [4.78, 5) is 18.0. The largest absolute Gasteiger partial charge is 0.459 e. The highest BCUT2D eigenvalue weighted by Gasteiger charge is 2.48. The highest BCUT2D eigenvalue weighted by atomic mass is 16.7. The molecule has 1 fully saturated rings. The van der Waals surface area contributed by atoms with E-state index in [1.54, 1.807) is 26.0 Å². The summed E-state index contributed by atoms with van der Waals surface area (Å²) in [7, 11) is 0. The summed E-state index contributed by atoms with van der Waals surface area (Å²) in [6.45, 7) is 13.8. The number of carbonyl (C=O) groups excluding carboxylic acids is 1. The third-order valence-corrected chi connectivity index (χ3v) is 4.14. The van der Waals surface area contributed by atoms with Crippen LogP contribution in [-0.2, 0) is 14.4 Å². The van der Waals surface area contributed by atoms with E-state index >= 15 is 0 Å². The van der Waals surface area contributed by atoms with Crippen LogP contribution < -0.4 is 0 Å². The Morgan fingerprint density at radius 1 is 1.12 bits per heavy atom. The van der Waals surface area contributed by atoms with Crippen LogP contribution in [-0.4, -0.2) is 45.5 Å². The van der Waals surface area contributed by atoms with Crippen molar-refractivity contribution in [1.29, 1.82) is 0 Å². The Hall–Kier alpha value is -1.43. The summed E-state index contributed by atoms with van der Waals surface area (Å²) in [5.74, 6) is -0.336. The summed E-state index contributed by atoms with van der Waals surface area (Å²) in [6, 6.07) is 0. The van der Waals surface area contributed by atoms with Gasteiger partial charge >= 0.3 is 5.97 Å². The summed E-state index contributed by atoms with van der Waals surface area (Å²) in [6.07, 6.45) is 11.7. The second-order valence-electron chi connectivity index (χ2n) is 8.74. The first-order chi connectivity index (χ1) is 11.9. The van der Waals surface area contributed by atoms with E-state index in [0.29, 0.717) is 12.8 Å². The predicted octanol–water partition coefficient (Wildman–Crippen LogP) is 3.94. The number of piperidine rings is 1. The molecule has 1 heterocycles. The Balaban J connectivity index is 2.72. The van der Waals surface area contributed by atoms with E-state index in [1.807, 2.05) is 30.2 Å². The average molecular weight is 366 g/mol. The van der Waals surface area contributed by atoms with Gasteiger partial charge in [0, 0.05) is 30.0 Å². The number of carbonyl (C=O) groups is 1. The lowest BCUT2D eigenvalue weighted by molar-refractivity contribution is -0.306. The molecule has 1 aliphatic heterocycles. The van der Waals surface area contributed by atoms with E-state index in [2.05, 4.69) is 27.7 Å². The van der Waals surface area contributed by atoms with E-state index in [0.717, 1.165) is 0 Å². The number of hydrogen-bond acceptors (Lipinski definition) is 5. The maximum absolute atomic E-state index is 12.1. The molecule has 148 valence electrons. The van der Waals surface area contributed by atoms with Crippen LogP contribution >= 0.6 is 0 Å². The second-order valence-corrected chi connectivity index (χ2v) is 8.74.